The molecule has 2 aromatic rings. The Balaban J connectivity index is 1.83. The van der Waals surface area contributed by atoms with E-state index >= 15 is 0 Å². The number of hydrogen-bond donors (Lipinski definition) is 0. The van der Waals surface area contributed by atoms with E-state index in [1.165, 1.54) is 11.3 Å². The monoisotopic (exact) mass is 337 g/mol. The smallest absolute Gasteiger partial charge is 0.234 e. The standard InChI is InChI=1S/C15H19N3O2S2/c1-11-7-12(2)9-13(8-11)10-22(19,20)15-17-16-14(21-15)18-5-3-4-6-18/h7-9H,3-6,10H2,1-2H3. The Kier molecular flexibility index (Phi) is 4.18. The molecule has 1 aliphatic rings. The lowest BCUT2D eigenvalue weighted by molar-refractivity contribution is 0.593. The molecule has 0 atom stereocenters. The van der Waals surface area contributed by atoms with Gasteiger partial charge in [-0.15, -0.1) is 10.2 Å². The van der Waals surface area contributed by atoms with Crippen molar-refractivity contribution >= 4 is 26.3 Å². The molecule has 118 valence electrons. The van der Waals surface area contributed by atoms with E-state index in [1.54, 1.807) is 0 Å². The van der Waals surface area contributed by atoms with Crippen LogP contribution < -0.4 is 4.90 Å². The van der Waals surface area contributed by atoms with Crippen molar-refractivity contribution in [3.8, 4) is 0 Å². The highest BCUT2D eigenvalue weighted by Gasteiger charge is 2.24. The van der Waals surface area contributed by atoms with Crippen molar-refractivity contribution in [1.29, 1.82) is 0 Å². The van der Waals surface area contributed by atoms with Crippen LogP contribution in [0.15, 0.2) is 22.5 Å². The third-order valence-electron chi connectivity index (χ3n) is 3.68. The minimum absolute atomic E-state index is 0.0237. The van der Waals surface area contributed by atoms with Gasteiger partial charge in [0.15, 0.2) is 0 Å². The summed E-state index contributed by atoms with van der Waals surface area (Å²) < 4.78 is 25.2. The molecule has 0 aliphatic carbocycles. The molecular formula is C15H19N3O2S2. The molecule has 22 heavy (non-hydrogen) atoms. The number of aryl methyl sites for hydroxylation is 2. The van der Waals surface area contributed by atoms with Crippen molar-refractivity contribution in [3.63, 3.8) is 0 Å². The van der Waals surface area contributed by atoms with Crippen LogP contribution >= 0.6 is 11.3 Å². The topological polar surface area (TPSA) is 63.2 Å². The van der Waals surface area contributed by atoms with Crippen molar-refractivity contribution in [2.75, 3.05) is 18.0 Å². The number of rotatable bonds is 4. The van der Waals surface area contributed by atoms with Crippen LogP contribution in [-0.4, -0.2) is 31.7 Å². The zero-order valence-electron chi connectivity index (χ0n) is 12.7. The van der Waals surface area contributed by atoms with Crippen molar-refractivity contribution in [1.82, 2.24) is 10.2 Å². The summed E-state index contributed by atoms with van der Waals surface area (Å²) in [6.07, 6.45) is 2.26. The van der Waals surface area contributed by atoms with Gasteiger partial charge in [-0.05, 0) is 32.3 Å². The number of anilines is 1. The van der Waals surface area contributed by atoms with Crippen LogP contribution in [0.5, 0.6) is 0 Å². The first-order valence-corrected chi connectivity index (χ1v) is 9.79. The number of aromatic nitrogens is 2. The van der Waals surface area contributed by atoms with Crippen LogP contribution in [0.2, 0.25) is 0 Å². The molecule has 1 aromatic heterocycles. The second-order valence-corrected chi connectivity index (χ2v) is 8.92. The van der Waals surface area contributed by atoms with Crippen molar-refractivity contribution in [2.45, 2.75) is 36.8 Å². The fraction of sp³-hybridized carbons (Fsp3) is 0.467. The summed E-state index contributed by atoms with van der Waals surface area (Å²) in [6.45, 7) is 5.82. The van der Waals surface area contributed by atoms with E-state index in [9.17, 15) is 8.42 Å². The Morgan fingerprint density at radius 3 is 2.36 bits per heavy atom. The average Bonchev–Trinajstić information content (AvgIpc) is 3.08. The van der Waals surface area contributed by atoms with Gasteiger partial charge in [0.05, 0.1) is 5.75 Å². The van der Waals surface area contributed by atoms with Crippen LogP contribution in [-0.2, 0) is 15.6 Å². The molecule has 2 heterocycles. The summed E-state index contributed by atoms with van der Waals surface area (Å²) >= 11 is 1.18. The highest BCUT2D eigenvalue weighted by molar-refractivity contribution is 7.92. The molecule has 0 radical (unpaired) electrons. The third kappa shape index (κ3) is 3.30. The predicted octanol–water partition coefficient (Wildman–Crippen LogP) is 2.73. The third-order valence-corrected chi connectivity index (χ3v) is 6.79. The maximum atomic E-state index is 12.5. The first-order valence-electron chi connectivity index (χ1n) is 7.32. The van der Waals surface area contributed by atoms with Crippen LogP contribution in [0, 0.1) is 13.8 Å². The molecule has 1 fully saturated rings. The van der Waals surface area contributed by atoms with E-state index in [4.69, 9.17) is 0 Å². The molecule has 0 saturated carbocycles. The van der Waals surface area contributed by atoms with Crippen LogP contribution in [0.1, 0.15) is 29.5 Å². The van der Waals surface area contributed by atoms with Gasteiger partial charge >= 0.3 is 0 Å². The van der Waals surface area contributed by atoms with Crippen molar-refractivity contribution in [3.05, 3.63) is 34.9 Å². The Hall–Kier alpha value is -1.47. The number of hydrogen-bond acceptors (Lipinski definition) is 6. The van der Waals surface area contributed by atoms with E-state index in [0.717, 1.165) is 47.8 Å². The molecule has 0 unspecified atom stereocenters. The fourth-order valence-electron chi connectivity index (χ4n) is 2.80. The summed E-state index contributed by atoms with van der Waals surface area (Å²) in [5.74, 6) is -0.0237. The number of nitrogens with zero attached hydrogens (tertiary/aromatic N) is 3. The Morgan fingerprint density at radius 2 is 1.73 bits per heavy atom. The van der Waals surface area contributed by atoms with Crippen molar-refractivity contribution in [2.24, 2.45) is 0 Å². The molecule has 3 rings (SSSR count). The molecule has 0 amide bonds. The average molecular weight is 337 g/mol. The van der Waals surface area contributed by atoms with Crippen LogP contribution in [0.4, 0.5) is 5.13 Å². The van der Waals surface area contributed by atoms with E-state index in [1.807, 2.05) is 32.0 Å². The molecule has 5 nitrogen and oxygen atoms in total. The quantitative estimate of drug-likeness (QED) is 0.858. The summed E-state index contributed by atoms with van der Waals surface area (Å²) in [4.78, 5) is 2.10. The first-order chi connectivity index (χ1) is 10.4. The largest absolute Gasteiger partial charge is 0.347 e. The van der Waals surface area contributed by atoms with Crippen LogP contribution in [0.3, 0.4) is 0 Å². The van der Waals surface area contributed by atoms with E-state index < -0.39 is 9.84 Å². The SMILES string of the molecule is Cc1cc(C)cc(CS(=O)(=O)c2nnc(N3CCCC3)s2)c1. The van der Waals surface area contributed by atoms with Gasteiger partial charge in [0.25, 0.3) is 0 Å². The van der Waals surface area contributed by atoms with Crippen LogP contribution in [0.25, 0.3) is 0 Å². The maximum Gasteiger partial charge on any atom is 0.234 e. The van der Waals surface area contributed by atoms with Crippen molar-refractivity contribution < 1.29 is 8.42 Å². The predicted molar refractivity (Wildman–Crippen MR) is 88.2 cm³/mol. The van der Waals surface area contributed by atoms with Gasteiger partial charge in [-0.3, -0.25) is 0 Å². The van der Waals surface area contributed by atoms with Gasteiger partial charge in [0.1, 0.15) is 0 Å². The summed E-state index contributed by atoms with van der Waals surface area (Å²) in [6, 6.07) is 5.85. The number of sulfone groups is 1. The molecule has 0 spiro atoms. The normalized spacial score (nSPS) is 15.5. The lowest BCUT2D eigenvalue weighted by Gasteiger charge is -2.10. The summed E-state index contributed by atoms with van der Waals surface area (Å²) in [5, 5.41) is 8.69. The van der Waals surface area contributed by atoms with Gasteiger partial charge in [0.2, 0.25) is 19.3 Å². The number of benzene rings is 1. The van der Waals surface area contributed by atoms with Gasteiger partial charge in [-0.2, -0.15) is 0 Å². The zero-order valence-corrected chi connectivity index (χ0v) is 14.4. The molecular weight excluding hydrogens is 318 g/mol. The molecule has 1 aliphatic heterocycles. The molecule has 1 saturated heterocycles. The van der Waals surface area contributed by atoms with Gasteiger partial charge in [-0.1, -0.05) is 40.7 Å². The molecule has 0 N–H and O–H groups in total. The lowest BCUT2D eigenvalue weighted by atomic mass is 10.1. The van der Waals surface area contributed by atoms with E-state index in [2.05, 4.69) is 15.1 Å². The first kappa shape index (κ1) is 15.4. The second kappa shape index (κ2) is 5.96. The highest BCUT2D eigenvalue weighted by atomic mass is 32.2. The molecule has 1 aromatic carbocycles. The van der Waals surface area contributed by atoms with E-state index in [-0.39, 0.29) is 10.1 Å². The zero-order chi connectivity index (χ0) is 15.7. The van der Waals surface area contributed by atoms with Gasteiger partial charge in [0, 0.05) is 13.1 Å². The Labute approximate surface area is 134 Å². The lowest BCUT2D eigenvalue weighted by Crippen LogP contribution is -2.17. The summed E-state index contributed by atoms with van der Waals surface area (Å²) in [7, 11) is -3.44. The second-order valence-electron chi connectivity index (χ2n) is 5.80. The van der Waals surface area contributed by atoms with Gasteiger partial charge in [-0.25, -0.2) is 8.42 Å². The highest BCUT2D eigenvalue weighted by Crippen LogP contribution is 2.28. The minimum atomic E-state index is -3.44. The van der Waals surface area contributed by atoms with E-state index in [0.29, 0.717) is 0 Å². The fourth-order valence-corrected chi connectivity index (χ4v) is 5.23. The Bertz CT molecular complexity index is 758. The molecule has 7 heteroatoms. The maximum absolute atomic E-state index is 12.5. The molecule has 0 bridgehead atoms. The minimum Gasteiger partial charge on any atom is -0.347 e. The van der Waals surface area contributed by atoms with Gasteiger partial charge < -0.3 is 4.90 Å². The summed E-state index contributed by atoms with van der Waals surface area (Å²) in [5.41, 5.74) is 2.94. The Morgan fingerprint density at radius 1 is 1.09 bits per heavy atom.